The highest BCUT2D eigenvalue weighted by Gasteiger charge is 2.33. The lowest BCUT2D eigenvalue weighted by Crippen LogP contribution is -2.30. The second-order valence-corrected chi connectivity index (χ2v) is 7.32. The van der Waals surface area contributed by atoms with Crippen LogP contribution in [0.25, 0.3) is 0 Å². The van der Waals surface area contributed by atoms with Crippen LogP contribution in [0, 0.1) is 5.82 Å². The van der Waals surface area contributed by atoms with Crippen molar-refractivity contribution in [1.82, 2.24) is 14.5 Å². The molecule has 2 aliphatic rings. The Morgan fingerprint density at radius 3 is 2.84 bits per heavy atom. The summed E-state index contributed by atoms with van der Waals surface area (Å²) in [5.74, 6) is 0.781. The molecule has 0 radical (unpaired) electrons. The summed E-state index contributed by atoms with van der Waals surface area (Å²) in [4.78, 5) is 7.21. The lowest BCUT2D eigenvalue weighted by molar-refractivity contribution is 0.101. The maximum atomic E-state index is 14.0. The number of likely N-dealkylation sites (tertiary alicyclic amines) is 1. The Bertz CT molecular complexity index is 757. The van der Waals surface area contributed by atoms with Crippen LogP contribution in [0.3, 0.4) is 0 Å². The van der Waals surface area contributed by atoms with Crippen molar-refractivity contribution >= 4 is 0 Å². The maximum Gasteiger partial charge on any atom is 0.129 e. The number of aromatic nitrogens is 2. The van der Waals surface area contributed by atoms with E-state index < -0.39 is 6.10 Å². The van der Waals surface area contributed by atoms with E-state index in [1.54, 1.807) is 18.2 Å². The zero-order valence-electron chi connectivity index (χ0n) is 14.8. The summed E-state index contributed by atoms with van der Waals surface area (Å²) < 4.78 is 16.2. The van der Waals surface area contributed by atoms with Crippen LogP contribution in [0.1, 0.15) is 60.6 Å². The third-order valence-corrected chi connectivity index (χ3v) is 5.74. The fraction of sp³-hybridized carbons (Fsp3) is 0.550. The van der Waals surface area contributed by atoms with Gasteiger partial charge in [0, 0.05) is 24.8 Å². The first-order valence-electron chi connectivity index (χ1n) is 9.36. The molecule has 1 aromatic heterocycles. The molecule has 4 rings (SSSR count). The SMILES string of the molecule is Cn1c([C@@H]2CCCN2C[C@@H](O)c2ccccc2F)nc2c1CCCC2. The molecule has 1 aliphatic heterocycles. The van der Waals surface area contributed by atoms with E-state index in [1.807, 2.05) is 0 Å². The number of benzene rings is 1. The summed E-state index contributed by atoms with van der Waals surface area (Å²) in [5.41, 5.74) is 3.01. The average Bonchev–Trinajstić information content (AvgIpc) is 3.20. The molecule has 1 fully saturated rings. The minimum absolute atomic E-state index is 0.219. The summed E-state index contributed by atoms with van der Waals surface area (Å²) in [6, 6.07) is 6.73. The summed E-state index contributed by atoms with van der Waals surface area (Å²) in [6.45, 7) is 1.37. The molecule has 2 heterocycles. The third kappa shape index (κ3) is 3.11. The molecule has 1 N–H and O–H groups in total. The third-order valence-electron chi connectivity index (χ3n) is 5.74. The molecule has 4 nitrogen and oxygen atoms in total. The number of aliphatic hydroxyl groups is 1. The number of aliphatic hydroxyl groups excluding tert-OH is 1. The van der Waals surface area contributed by atoms with Gasteiger partial charge in [-0.15, -0.1) is 0 Å². The lowest BCUT2D eigenvalue weighted by Gasteiger charge is -2.27. The molecule has 25 heavy (non-hydrogen) atoms. The zero-order valence-corrected chi connectivity index (χ0v) is 14.8. The number of imidazole rings is 1. The van der Waals surface area contributed by atoms with Crippen molar-refractivity contribution in [1.29, 1.82) is 0 Å². The van der Waals surface area contributed by atoms with Gasteiger partial charge in [0.25, 0.3) is 0 Å². The molecule has 0 spiro atoms. The smallest absolute Gasteiger partial charge is 0.129 e. The molecule has 5 heteroatoms. The molecule has 0 amide bonds. The van der Waals surface area contributed by atoms with Crippen molar-refractivity contribution in [2.24, 2.45) is 7.05 Å². The fourth-order valence-corrected chi connectivity index (χ4v) is 4.41. The summed E-state index contributed by atoms with van der Waals surface area (Å²) in [7, 11) is 2.12. The van der Waals surface area contributed by atoms with E-state index in [0.717, 1.165) is 38.1 Å². The monoisotopic (exact) mass is 343 g/mol. The van der Waals surface area contributed by atoms with E-state index in [0.29, 0.717) is 12.1 Å². The largest absolute Gasteiger partial charge is 0.387 e. The predicted molar refractivity (Wildman–Crippen MR) is 94.8 cm³/mol. The van der Waals surface area contributed by atoms with Gasteiger partial charge in [-0.3, -0.25) is 4.90 Å². The summed E-state index contributed by atoms with van der Waals surface area (Å²) in [6.07, 6.45) is 5.99. The van der Waals surface area contributed by atoms with Crippen LogP contribution >= 0.6 is 0 Å². The topological polar surface area (TPSA) is 41.3 Å². The zero-order chi connectivity index (χ0) is 17.4. The van der Waals surface area contributed by atoms with Gasteiger partial charge >= 0.3 is 0 Å². The molecule has 134 valence electrons. The van der Waals surface area contributed by atoms with Gasteiger partial charge in [-0.05, 0) is 51.1 Å². The van der Waals surface area contributed by atoms with Gasteiger partial charge < -0.3 is 9.67 Å². The van der Waals surface area contributed by atoms with E-state index >= 15 is 0 Å². The van der Waals surface area contributed by atoms with Crippen LogP contribution in [0.4, 0.5) is 4.39 Å². The molecule has 0 unspecified atom stereocenters. The van der Waals surface area contributed by atoms with Crippen molar-refractivity contribution in [2.75, 3.05) is 13.1 Å². The standard InChI is InChI=1S/C20H26FN3O/c1-23-17-10-5-4-9-16(17)22-20(23)18-11-6-12-24(18)13-19(25)14-7-2-3-8-15(14)21/h2-3,7-8,18-19,25H,4-6,9-13H2,1H3/t18-,19+/m0/s1. The van der Waals surface area contributed by atoms with Gasteiger partial charge in [-0.2, -0.15) is 0 Å². The summed E-state index contributed by atoms with van der Waals surface area (Å²) >= 11 is 0. The van der Waals surface area contributed by atoms with Crippen LogP contribution in [0.5, 0.6) is 0 Å². The first-order chi connectivity index (χ1) is 12.1. The van der Waals surface area contributed by atoms with Gasteiger partial charge in [0.1, 0.15) is 11.6 Å². The minimum Gasteiger partial charge on any atom is -0.387 e. The molecule has 1 saturated heterocycles. The normalized spacial score (nSPS) is 22.1. The van der Waals surface area contributed by atoms with Crippen LogP contribution in [-0.4, -0.2) is 32.6 Å². The van der Waals surface area contributed by atoms with Crippen molar-refractivity contribution in [3.63, 3.8) is 0 Å². The van der Waals surface area contributed by atoms with Crippen molar-refractivity contribution in [3.05, 3.63) is 52.9 Å². The number of aryl methyl sites for hydroxylation is 1. The average molecular weight is 343 g/mol. The number of hydrogen-bond donors (Lipinski definition) is 1. The second kappa shape index (κ2) is 6.89. The number of hydrogen-bond acceptors (Lipinski definition) is 3. The van der Waals surface area contributed by atoms with E-state index in [4.69, 9.17) is 4.98 Å². The number of fused-ring (bicyclic) bond motifs is 1. The highest BCUT2D eigenvalue weighted by atomic mass is 19.1. The molecule has 1 aromatic carbocycles. The molecule has 2 aromatic rings. The fourth-order valence-electron chi connectivity index (χ4n) is 4.41. The number of halogens is 1. The van der Waals surface area contributed by atoms with E-state index in [2.05, 4.69) is 16.5 Å². The van der Waals surface area contributed by atoms with E-state index in [9.17, 15) is 9.50 Å². The molecule has 0 bridgehead atoms. The lowest BCUT2D eigenvalue weighted by atomic mass is 10.0. The predicted octanol–water partition coefficient (Wildman–Crippen LogP) is 3.31. The van der Waals surface area contributed by atoms with Crippen molar-refractivity contribution in [3.8, 4) is 0 Å². The number of β-amino-alcohol motifs (C(OH)–C–C–N with tert-alkyl or cyclic N) is 1. The Labute approximate surface area is 148 Å². The Kier molecular flexibility index (Phi) is 4.61. The minimum atomic E-state index is -0.809. The van der Waals surface area contributed by atoms with Crippen LogP contribution in [0.2, 0.25) is 0 Å². The first kappa shape index (κ1) is 16.7. The van der Waals surface area contributed by atoms with E-state index in [1.165, 1.54) is 30.3 Å². The quantitative estimate of drug-likeness (QED) is 0.926. The van der Waals surface area contributed by atoms with Crippen LogP contribution < -0.4 is 0 Å². The van der Waals surface area contributed by atoms with Crippen molar-refractivity contribution in [2.45, 2.75) is 50.7 Å². The van der Waals surface area contributed by atoms with E-state index in [-0.39, 0.29) is 11.9 Å². The number of rotatable bonds is 4. The number of nitrogens with zero attached hydrogens (tertiary/aromatic N) is 3. The summed E-state index contributed by atoms with van der Waals surface area (Å²) in [5, 5.41) is 10.5. The Balaban J connectivity index is 1.55. The Hall–Kier alpha value is -1.72. The van der Waals surface area contributed by atoms with Gasteiger partial charge in [-0.25, -0.2) is 9.37 Å². The van der Waals surface area contributed by atoms with Gasteiger partial charge in [-0.1, -0.05) is 18.2 Å². The van der Waals surface area contributed by atoms with Gasteiger partial charge in [0.05, 0.1) is 17.8 Å². The molecule has 2 atom stereocenters. The van der Waals surface area contributed by atoms with Crippen LogP contribution in [-0.2, 0) is 19.9 Å². The Morgan fingerprint density at radius 1 is 1.24 bits per heavy atom. The highest BCUT2D eigenvalue weighted by molar-refractivity contribution is 5.23. The molecular weight excluding hydrogens is 317 g/mol. The second-order valence-electron chi connectivity index (χ2n) is 7.32. The highest BCUT2D eigenvalue weighted by Crippen LogP contribution is 2.35. The first-order valence-corrected chi connectivity index (χ1v) is 9.36. The molecule has 0 saturated carbocycles. The molecule has 1 aliphatic carbocycles. The van der Waals surface area contributed by atoms with Crippen LogP contribution in [0.15, 0.2) is 24.3 Å². The Morgan fingerprint density at radius 2 is 2.04 bits per heavy atom. The van der Waals surface area contributed by atoms with Gasteiger partial charge in [0.2, 0.25) is 0 Å². The molecular formula is C20H26FN3O. The van der Waals surface area contributed by atoms with Gasteiger partial charge in [0.15, 0.2) is 0 Å². The maximum absolute atomic E-state index is 14.0. The van der Waals surface area contributed by atoms with Crippen molar-refractivity contribution < 1.29 is 9.50 Å².